The van der Waals surface area contributed by atoms with Crippen molar-refractivity contribution in [3.05, 3.63) is 53.6 Å². The Hall–Kier alpha value is -2.25. The van der Waals surface area contributed by atoms with Gasteiger partial charge in [-0.25, -0.2) is 8.42 Å². The number of hydrogen-bond acceptors (Lipinski definition) is 4. The van der Waals surface area contributed by atoms with E-state index in [2.05, 4.69) is 5.32 Å². The summed E-state index contributed by atoms with van der Waals surface area (Å²) in [5.74, 6) is 0.499. The van der Waals surface area contributed by atoms with Gasteiger partial charge in [0.25, 0.3) is 15.9 Å². The molecule has 0 aromatic heterocycles. The summed E-state index contributed by atoms with van der Waals surface area (Å²) in [5.41, 5.74) is 0.336. The number of anilines is 1. The van der Waals surface area contributed by atoms with E-state index in [1.165, 1.54) is 35.7 Å². The second-order valence-electron chi connectivity index (χ2n) is 7.82. The zero-order valence-electron chi connectivity index (χ0n) is 16.6. The van der Waals surface area contributed by atoms with Crippen LogP contribution in [0.15, 0.2) is 53.4 Å². The lowest BCUT2D eigenvalue weighted by Crippen LogP contribution is -2.51. The van der Waals surface area contributed by atoms with E-state index in [-0.39, 0.29) is 17.3 Å². The Bertz CT molecular complexity index is 1010. The molecule has 1 N–H and O–H groups in total. The molecule has 30 heavy (non-hydrogen) atoms. The molecule has 8 heteroatoms. The number of amides is 1. The van der Waals surface area contributed by atoms with Crippen molar-refractivity contribution in [1.82, 2.24) is 5.32 Å². The largest absolute Gasteiger partial charge is 0.476 e. The standard InChI is InChI=1S/C22H25ClN2O4S/c23-17-11-12-20-19(13-17)25(30(27,28)18-9-5-2-6-10-18)15-21(29-20)22(26)24-14-16-7-3-1-4-8-16/h2,5-6,9-13,16,21H,1,3-4,7-8,14-15H2,(H,24,26). The van der Waals surface area contributed by atoms with Crippen LogP contribution < -0.4 is 14.4 Å². The summed E-state index contributed by atoms with van der Waals surface area (Å²) in [7, 11) is -3.88. The second-order valence-corrected chi connectivity index (χ2v) is 10.1. The lowest BCUT2D eigenvalue weighted by molar-refractivity contribution is -0.128. The van der Waals surface area contributed by atoms with Gasteiger partial charge in [-0.15, -0.1) is 0 Å². The van der Waals surface area contributed by atoms with Crippen molar-refractivity contribution in [3.8, 4) is 5.75 Å². The molecule has 0 bridgehead atoms. The number of benzene rings is 2. The molecule has 1 saturated carbocycles. The van der Waals surface area contributed by atoms with Crippen LogP contribution in [0.2, 0.25) is 5.02 Å². The zero-order valence-corrected chi connectivity index (χ0v) is 18.2. The first-order valence-electron chi connectivity index (χ1n) is 10.3. The van der Waals surface area contributed by atoms with Crippen molar-refractivity contribution in [2.75, 3.05) is 17.4 Å². The molecule has 2 aromatic rings. The first-order chi connectivity index (χ1) is 14.4. The number of fused-ring (bicyclic) bond motifs is 1. The van der Waals surface area contributed by atoms with Gasteiger partial charge in [0, 0.05) is 11.6 Å². The van der Waals surface area contributed by atoms with Crippen LogP contribution >= 0.6 is 11.6 Å². The molecule has 6 nitrogen and oxygen atoms in total. The van der Waals surface area contributed by atoms with Crippen molar-refractivity contribution < 1.29 is 17.9 Å². The van der Waals surface area contributed by atoms with E-state index in [9.17, 15) is 13.2 Å². The molecule has 1 aliphatic carbocycles. The average molecular weight is 449 g/mol. The predicted molar refractivity (Wildman–Crippen MR) is 116 cm³/mol. The smallest absolute Gasteiger partial charge is 0.264 e. The first-order valence-corrected chi connectivity index (χ1v) is 12.1. The molecule has 0 spiro atoms. The Morgan fingerprint density at radius 3 is 2.57 bits per heavy atom. The lowest BCUT2D eigenvalue weighted by atomic mass is 9.89. The molecule has 1 amide bonds. The van der Waals surface area contributed by atoms with Crippen molar-refractivity contribution in [2.45, 2.75) is 43.1 Å². The average Bonchev–Trinajstić information content (AvgIpc) is 2.78. The molecule has 4 rings (SSSR count). The van der Waals surface area contributed by atoms with E-state index in [0.29, 0.717) is 28.9 Å². The summed E-state index contributed by atoms with van der Waals surface area (Å²) in [5, 5.41) is 3.36. The van der Waals surface area contributed by atoms with Crippen LogP contribution in [-0.4, -0.2) is 33.5 Å². The highest BCUT2D eigenvalue weighted by molar-refractivity contribution is 7.92. The molecule has 0 radical (unpaired) electrons. The Kier molecular flexibility index (Phi) is 6.20. The summed E-state index contributed by atoms with van der Waals surface area (Å²) in [6, 6.07) is 12.9. The quantitative estimate of drug-likeness (QED) is 0.750. The van der Waals surface area contributed by atoms with Gasteiger partial charge in [0.1, 0.15) is 5.75 Å². The molecular weight excluding hydrogens is 424 g/mol. The van der Waals surface area contributed by atoms with Crippen molar-refractivity contribution in [1.29, 1.82) is 0 Å². The van der Waals surface area contributed by atoms with Gasteiger partial charge >= 0.3 is 0 Å². The Morgan fingerprint density at radius 2 is 1.83 bits per heavy atom. The Balaban J connectivity index is 1.58. The number of nitrogens with one attached hydrogen (secondary N) is 1. The van der Waals surface area contributed by atoms with Gasteiger partial charge in [-0.2, -0.15) is 0 Å². The number of halogens is 1. The van der Waals surface area contributed by atoms with E-state index in [0.717, 1.165) is 12.8 Å². The van der Waals surface area contributed by atoms with Crippen LogP contribution in [0.1, 0.15) is 32.1 Å². The summed E-state index contributed by atoms with van der Waals surface area (Å²) in [4.78, 5) is 13.0. The molecule has 1 unspecified atom stereocenters. The Labute approximate surface area is 182 Å². The molecule has 2 aromatic carbocycles. The summed E-state index contributed by atoms with van der Waals surface area (Å²) in [6.45, 7) is 0.485. The molecular formula is C22H25ClN2O4S. The van der Waals surface area contributed by atoms with Crippen LogP contribution in [0.4, 0.5) is 5.69 Å². The maximum atomic E-state index is 13.3. The molecule has 1 heterocycles. The summed E-state index contributed by atoms with van der Waals surface area (Å²) < 4.78 is 33.8. The van der Waals surface area contributed by atoms with Crippen molar-refractivity contribution in [2.24, 2.45) is 5.92 Å². The van der Waals surface area contributed by atoms with Gasteiger partial charge in [-0.3, -0.25) is 9.10 Å². The normalized spacial score (nSPS) is 19.6. The van der Waals surface area contributed by atoms with Gasteiger partial charge in [0.2, 0.25) is 0 Å². The van der Waals surface area contributed by atoms with Gasteiger partial charge in [0.15, 0.2) is 6.10 Å². The lowest BCUT2D eigenvalue weighted by Gasteiger charge is -2.35. The van der Waals surface area contributed by atoms with Crippen LogP contribution in [-0.2, 0) is 14.8 Å². The SMILES string of the molecule is O=C(NCC1CCCCC1)C1CN(S(=O)(=O)c2ccccc2)c2cc(Cl)ccc2O1. The predicted octanol–water partition coefficient (Wildman–Crippen LogP) is 3.99. The Morgan fingerprint density at radius 1 is 1.10 bits per heavy atom. The zero-order chi connectivity index (χ0) is 21.1. The van der Waals surface area contributed by atoms with Crippen LogP contribution in [0, 0.1) is 5.92 Å². The minimum absolute atomic E-state index is 0.110. The van der Waals surface area contributed by atoms with E-state index >= 15 is 0 Å². The van der Waals surface area contributed by atoms with Crippen LogP contribution in [0.3, 0.4) is 0 Å². The van der Waals surface area contributed by atoms with Gasteiger partial charge in [-0.05, 0) is 49.1 Å². The fraction of sp³-hybridized carbons (Fsp3) is 0.409. The molecule has 160 valence electrons. The minimum atomic E-state index is -3.88. The van der Waals surface area contributed by atoms with E-state index < -0.39 is 16.1 Å². The number of ether oxygens (including phenoxy) is 1. The number of nitrogens with zero attached hydrogens (tertiary/aromatic N) is 1. The van der Waals surface area contributed by atoms with Crippen LogP contribution in [0.25, 0.3) is 0 Å². The van der Waals surface area contributed by atoms with Gasteiger partial charge < -0.3 is 10.1 Å². The molecule has 1 atom stereocenters. The van der Waals surface area contributed by atoms with Crippen LogP contribution in [0.5, 0.6) is 5.75 Å². The monoisotopic (exact) mass is 448 g/mol. The van der Waals surface area contributed by atoms with E-state index in [1.54, 1.807) is 36.4 Å². The summed E-state index contributed by atoms with van der Waals surface area (Å²) >= 11 is 6.12. The number of rotatable bonds is 5. The van der Waals surface area contributed by atoms with E-state index in [4.69, 9.17) is 16.3 Å². The van der Waals surface area contributed by atoms with Gasteiger partial charge in [-0.1, -0.05) is 49.1 Å². The third-order valence-corrected chi connectivity index (χ3v) is 7.73. The second kappa shape index (κ2) is 8.86. The first kappa shape index (κ1) is 21.0. The number of carbonyl (C=O) groups is 1. The van der Waals surface area contributed by atoms with Crippen molar-refractivity contribution in [3.63, 3.8) is 0 Å². The third-order valence-electron chi connectivity index (χ3n) is 5.70. The molecule has 0 saturated heterocycles. The topological polar surface area (TPSA) is 75.7 Å². The highest BCUT2D eigenvalue weighted by Crippen LogP contribution is 2.38. The fourth-order valence-electron chi connectivity index (χ4n) is 4.06. The van der Waals surface area contributed by atoms with E-state index in [1.807, 2.05) is 0 Å². The number of sulfonamides is 1. The fourth-order valence-corrected chi connectivity index (χ4v) is 5.71. The number of carbonyl (C=O) groups excluding carboxylic acids is 1. The van der Waals surface area contributed by atoms with Gasteiger partial charge in [0.05, 0.1) is 17.1 Å². The third kappa shape index (κ3) is 4.42. The van der Waals surface area contributed by atoms with Crippen molar-refractivity contribution >= 4 is 33.2 Å². The highest BCUT2D eigenvalue weighted by atomic mass is 35.5. The highest BCUT2D eigenvalue weighted by Gasteiger charge is 2.37. The minimum Gasteiger partial charge on any atom is -0.476 e. The number of hydrogen-bond donors (Lipinski definition) is 1. The summed E-state index contributed by atoms with van der Waals surface area (Å²) in [6.07, 6.45) is 4.93. The maximum absolute atomic E-state index is 13.3. The molecule has 2 aliphatic rings. The molecule has 1 aliphatic heterocycles. The molecule has 1 fully saturated rings. The maximum Gasteiger partial charge on any atom is 0.264 e.